The number of esters is 1. The molecule has 1 atom stereocenters. The summed E-state index contributed by atoms with van der Waals surface area (Å²) >= 11 is 0. The van der Waals surface area contributed by atoms with E-state index in [4.69, 9.17) is 10.00 Å². The van der Waals surface area contributed by atoms with E-state index in [1.54, 1.807) is 30.5 Å². The Morgan fingerprint density at radius 2 is 1.72 bits per heavy atom. The van der Waals surface area contributed by atoms with E-state index < -0.39 is 36.2 Å². The number of carbonyl (C=O) groups is 3. The molecule has 0 spiro atoms. The number of rotatable bonds is 8. The van der Waals surface area contributed by atoms with Crippen LogP contribution in [-0.4, -0.2) is 35.4 Å². The Balaban J connectivity index is 1.48. The van der Waals surface area contributed by atoms with Gasteiger partial charge in [-0.25, -0.2) is 9.18 Å². The van der Waals surface area contributed by atoms with Crippen molar-refractivity contribution in [2.24, 2.45) is 0 Å². The van der Waals surface area contributed by atoms with Crippen LogP contribution >= 0.6 is 0 Å². The molecule has 1 aromatic heterocycles. The Bertz CT molecular complexity index is 1460. The molecule has 4 aromatic rings. The van der Waals surface area contributed by atoms with Crippen LogP contribution in [0.25, 0.3) is 10.9 Å². The first-order valence-corrected chi connectivity index (χ1v) is 11.0. The number of hydrogen-bond donors (Lipinski definition) is 3. The molecule has 3 N–H and O–H groups in total. The van der Waals surface area contributed by atoms with Crippen molar-refractivity contribution in [3.8, 4) is 6.07 Å². The molecule has 0 radical (unpaired) electrons. The summed E-state index contributed by atoms with van der Waals surface area (Å²) in [6.45, 7) is -0.616. The van der Waals surface area contributed by atoms with Crippen LogP contribution in [0.5, 0.6) is 0 Å². The first kappa shape index (κ1) is 24.2. The number of aromatic amines is 1. The molecule has 9 heteroatoms. The number of carbonyl (C=O) groups excluding carboxylic acids is 3. The molecule has 0 saturated carbocycles. The number of fused-ring (bicyclic) bond motifs is 1. The third-order valence-corrected chi connectivity index (χ3v) is 5.46. The van der Waals surface area contributed by atoms with E-state index >= 15 is 0 Å². The molecule has 4 rings (SSSR count). The predicted octanol–water partition coefficient (Wildman–Crippen LogP) is 3.70. The van der Waals surface area contributed by atoms with E-state index in [1.165, 1.54) is 12.1 Å². The fourth-order valence-corrected chi connectivity index (χ4v) is 3.67. The lowest BCUT2D eigenvalue weighted by atomic mass is 10.0. The van der Waals surface area contributed by atoms with Gasteiger partial charge in [0.25, 0.3) is 11.8 Å². The molecular formula is C27H21FN4O4. The fraction of sp³-hybridized carbons (Fsp3) is 0.111. The van der Waals surface area contributed by atoms with Crippen LogP contribution in [0.15, 0.2) is 79.0 Å². The highest BCUT2D eigenvalue weighted by Gasteiger charge is 2.25. The Morgan fingerprint density at radius 1 is 1.00 bits per heavy atom. The van der Waals surface area contributed by atoms with Crippen molar-refractivity contribution < 1.29 is 23.5 Å². The minimum absolute atomic E-state index is 0.0919. The van der Waals surface area contributed by atoms with Crippen molar-refractivity contribution in [1.82, 2.24) is 10.3 Å². The lowest BCUT2D eigenvalue weighted by Gasteiger charge is -2.18. The summed E-state index contributed by atoms with van der Waals surface area (Å²) in [7, 11) is 0. The SMILES string of the molecule is N#Cc1ccccc1NC(=O)COC(=O)[C@H](Cc1c[nH]c2ccccc12)NC(=O)c1ccc(F)cc1. The molecule has 0 aliphatic heterocycles. The summed E-state index contributed by atoms with van der Waals surface area (Å²) in [6, 6.07) is 19.6. The molecule has 0 unspecified atom stereocenters. The number of nitrogens with zero attached hydrogens (tertiary/aromatic N) is 1. The molecule has 3 aromatic carbocycles. The maximum Gasteiger partial charge on any atom is 0.329 e. The summed E-state index contributed by atoms with van der Waals surface area (Å²) in [5, 5.41) is 15.2. The molecule has 0 aliphatic carbocycles. The van der Waals surface area contributed by atoms with Gasteiger partial charge >= 0.3 is 5.97 Å². The van der Waals surface area contributed by atoms with Crippen molar-refractivity contribution in [3.63, 3.8) is 0 Å². The molecule has 180 valence electrons. The van der Waals surface area contributed by atoms with Crippen molar-refractivity contribution in [1.29, 1.82) is 5.26 Å². The predicted molar refractivity (Wildman–Crippen MR) is 130 cm³/mol. The number of nitrogens with one attached hydrogen (secondary N) is 3. The van der Waals surface area contributed by atoms with Crippen molar-refractivity contribution in [3.05, 3.63) is 102 Å². The van der Waals surface area contributed by atoms with E-state index in [0.29, 0.717) is 5.69 Å². The number of ether oxygens (including phenoxy) is 1. The van der Waals surface area contributed by atoms with E-state index in [2.05, 4.69) is 15.6 Å². The van der Waals surface area contributed by atoms with Gasteiger partial charge in [-0.1, -0.05) is 30.3 Å². The van der Waals surface area contributed by atoms with Crippen LogP contribution in [0.4, 0.5) is 10.1 Å². The third kappa shape index (κ3) is 5.74. The second-order valence-corrected chi connectivity index (χ2v) is 7.91. The molecule has 8 nitrogen and oxygen atoms in total. The Kier molecular flexibility index (Phi) is 7.36. The minimum Gasteiger partial charge on any atom is -0.454 e. The normalized spacial score (nSPS) is 11.3. The van der Waals surface area contributed by atoms with Crippen LogP contribution < -0.4 is 10.6 Å². The average Bonchev–Trinajstić information content (AvgIpc) is 3.30. The number of para-hydroxylation sites is 2. The molecule has 0 aliphatic rings. The first-order valence-electron chi connectivity index (χ1n) is 11.0. The second kappa shape index (κ2) is 11.0. The van der Waals surface area contributed by atoms with Gasteiger partial charge in [-0.2, -0.15) is 5.26 Å². The molecular weight excluding hydrogens is 463 g/mol. The Morgan fingerprint density at radius 3 is 2.50 bits per heavy atom. The molecule has 2 amide bonds. The topological polar surface area (TPSA) is 124 Å². The lowest BCUT2D eigenvalue weighted by Crippen LogP contribution is -2.44. The van der Waals surface area contributed by atoms with E-state index in [9.17, 15) is 18.8 Å². The first-order chi connectivity index (χ1) is 17.4. The highest BCUT2D eigenvalue weighted by atomic mass is 19.1. The second-order valence-electron chi connectivity index (χ2n) is 7.91. The zero-order valence-corrected chi connectivity index (χ0v) is 19.0. The fourth-order valence-electron chi connectivity index (χ4n) is 3.67. The van der Waals surface area contributed by atoms with E-state index in [1.807, 2.05) is 30.3 Å². The maximum atomic E-state index is 13.3. The van der Waals surface area contributed by atoms with Crippen LogP contribution in [0.1, 0.15) is 21.5 Å². The molecule has 1 heterocycles. The minimum atomic E-state index is -1.12. The smallest absolute Gasteiger partial charge is 0.329 e. The van der Waals surface area contributed by atoms with E-state index in [-0.39, 0.29) is 17.5 Å². The van der Waals surface area contributed by atoms with E-state index in [0.717, 1.165) is 28.6 Å². The van der Waals surface area contributed by atoms with Gasteiger partial charge in [0.1, 0.15) is 17.9 Å². The van der Waals surface area contributed by atoms with Gasteiger partial charge in [0, 0.05) is 29.1 Å². The van der Waals surface area contributed by atoms with Crippen LogP contribution in [0.2, 0.25) is 0 Å². The van der Waals surface area contributed by atoms with Crippen molar-refractivity contribution >= 4 is 34.4 Å². The largest absolute Gasteiger partial charge is 0.454 e. The number of halogens is 1. The summed E-state index contributed by atoms with van der Waals surface area (Å²) in [6.07, 6.45) is 1.83. The van der Waals surface area contributed by atoms with Crippen LogP contribution in [0, 0.1) is 17.1 Å². The monoisotopic (exact) mass is 484 g/mol. The quantitative estimate of drug-likeness (QED) is 0.329. The average molecular weight is 484 g/mol. The van der Waals surface area contributed by atoms with Gasteiger partial charge in [-0.3, -0.25) is 9.59 Å². The number of amides is 2. The zero-order valence-electron chi connectivity index (χ0n) is 19.0. The number of H-pyrrole nitrogens is 1. The van der Waals surface area contributed by atoms with Gasteiger partial charge in [-0.15, -0.1) is 0 Å². The van der Waals surface area contributed by atoms with Gasteiger partial charge in [0.15, 0.2) is 6.61 Å². The summed E-state index contributed by atoms with van der Waals surface area (Å²) in [5.41, 5.74) is 2.35. The van der Waals surface area contributed by atoms with Crippen LogP contribution in [0.3, 0.4) is 0 Å². The molecule has 0 fully saturated rings. The van der Waals surface area contributed by atoms with Gasteiger partial charge in [0.05, 0.1) is 11.3 Å². The van der Waals surface area contributed by atoms with Gasteiger partial charge < -0.3 is 20.4 Å². The summed E-state index contributed by atoms with van der Waals surface area (Å²) < 4.78 is 18.5. The summed E-state index contributed by atoms with van der Waals surface area (Å²) in [5.74, 6) is -2.55. The maximum absolute atomic E-state index is 13.3. The zero-order chi connectivity index (χ0) is 25.5. The number of aromatic nitrogens is 1. The number of benzene rings is 3. The van der Waals surface area contributed by atoms with Crippen molar-refractivity contribution in [2.45, 2.75) is 12.5 Å². The number of hydrogen-bond acceptors (Lipinski definition) is 5. The highest BCUT2D eigenvalue weighted by molar-refractivity contribution is 5.98. The Labute approximate surface area is 205 Å². The number of anilines is 1. The van der Waals surface area contributed by atoms with Crippen molar-refractivity contribution in [2.75, 3.05) is 11.9 Å². The lowest BCUT2D eigenvalue weighted by molar-refractivity contribution is -0.149. The Hall–Kier alpha value is -4.97. The third-order valence-electron chi connectivity index (χ3n) is 5.46. The standard InChI is InChI=1S/C27H21FN4O4/c28-20-11-9-17(10-12-20)26(34)32-24(13-19-15-30-23-8-4-2-6-21(19)23)27(35)36-16-25(33)31-22-7-3-1-5-18(22)14-29/h1-12,15,24,30H,13,16H2,(H,31,33)(H,32,34)/t24-/m0/s1. The molecule has 0 saturated heterocycles. The highest BCUT2D eigenvalue weighted by Crippen LogP contribution is 2.20. The molecule has 0 bridgehead atoms. The van der Waals surface area contributed by atoms with Gasteiger partial charge in [0.2, 0.25) is 0 Å². The van der Waals surface area contributed by atoms with Gasteiger partial charge in [-0.05, 0) is 48.0 Å². The van der Waals surface area contributed by atoms with Crippen LogP contribution in [-0.2, 0) is 20.7 Å². The molecule has 36 heavy (non-hydrogen) atoms. The number of nitriles is 1. The summed E-state index contributed by atoms with van der Waals surface area (Å²) in [4.78, 5) is 41.2.